The van der Waals surface area contributed by atoms with Crippen molar-refractivity contribution in [2.75, 3.05) is 0 Å². The number of benzene rings is 2. The molecule has 2 amide bonds. The van der Waals surface area contributed by atoms with Crippen LogP contribution in [-0.2, 0) is 9.53 Å². The van der Waals surface area contributed by atoms with Gasteiger partial charge in [0.15, 0.2) is 6.10 Å². The Labute approximate surface area is 169 Å². The second-order valence-electron chi connectivity index (χ2n) is 6.63. The molecule has 7 heteroatoms. The molecule has 0 aliphatic carbocycles. The molecular formula is C21H23ClN2O4. The molecule has 2 aromatic carbocycles. The number of nitrogens with two attached hydrogens (primary N) is 1. The summed E-state index contributed by atoms with van der Waals surface area (Å²) >= 11 is 5.87. The number of carbonyl (C=O) groups excluding carboxylic acids is 3. The number of rotatable bonds is 7. The van der Waals surface area contributed by atoms with Crippen molar-refractivity contribution in [3.05, 3.63) is 69.7 Å². The van der Waals surface area contributed by atoms with E-state index in [-0.39, 0.29) is 12.2 Å². The number of esters is 1. The third kappa shape index (κ3) is 5.82. The standard InChI is InChI=1S/C21H23ClN2O4/c1-12-4-5-13(2)17(10-12)20(26)14(3)28-19(25)11-18(24-21(23)27)15-6-8-16(22)9-7-15/h4-10,14,18H,11H2,1-3H3,(H3,23,24,27)/t14-,18-/m0/s1. The number of primary amides is 1. The summed E-state index contributed by atoms with van der Waals surface area (Å²) in [7, 11) is 0. The van der Waals surface area contributed by atoms with Gasteiger partial charge in [-0.15, -0.1) is 0 Å². The summed E-state index contributed by atoms with van der Waals surface area (Å²) in [5, 5.41) is 3.03. The van der Waals surface area contributed by atoms with E-state index in [1.54, 1.807) is 30.3 Å². The van der Waals surface area contributed by atoms with Crippen LogP contribution in [0.25, 0.3) is 0 Å². The van der Waals surface area contributed by atoms with Gasteiger partial charge in [0.1, 0.15) is 0 Å². The maximum atomic E-state index is 12.6. The Balaban J connectivity index is 2.08. The number of aryl methyl sites for hydroxylation is 2. The lowest BCUT2D eigenvalue weighted by molar-refractivity contribution is -0.146. The normalized spacial score (nSPS) is 12.7. The van der Waals surface area contributed by atoms with Crippen molar-refractivity contribution in [3.63, 3.8) is 0 Å². The summed E-state index contributed by atoms with van der Waals surface area (Å²) < 4.78 is 5.31. The lowest BCUT2D eigenvalue weighted by Crippen LogP contribution is -2.35. The molecule has 0 fully saturated rings. The van der Waals surface area contributed by atoms with Crippen molar-refractivity contribution in [1.82, 2.24) is 5.32 Å². The molecule has 2 aromatic rings. The smallest absolute Gasteiger partial charge is 0.312 e. The molecule has 0 aliphatic heterocycles. The minimum absolute atomic E-state index is 0.172. The first kappa shape index (κ1) is 21.4. The van der Waals surface area contributed by atoms with Crippen LogP contribution in [-0.4, -0.2) is 23.9 Å². The molecule has 0 saturated heterocycles. The van der Waals surface area contributed by atoms with Gasteiger partial charge in [-0.2, -0.15) is 0 Å². The van der Waals surface area contributed by atoms with E-state index in [2.05, 4.69) is 5.32 Å². The Bertz CT molecular complexity index is 880. The largest absolute Gasteiger partial charge is 0.454 e. The van der Waals surface area contributed by atoms with E-state index in [9.17, 15) is 14.4 Å². The van der Waals surface area contributed by atoms with Crippen LogP contribution in [0.15, 0.2) is 42.5 Å². The van der Waals surface area contributed by atoms with Crippen LogP contribution in [0.4, 0.5) is 4.79 Å². The summed E-state index contributed by atoms with van der Waals surface area (Å²) in [6.45, 7) is 5.24. The summed E-state index contributed by atoms with van der Waals surface area (Å²) in [5.41, 5.74) is 8.13. The van der Waals surface area contributed by atoms with Crippen LogP contribution >= 0.6 is 11.6 Å². The van der Waals surface area contributed by atoms with Gasteiger partial charge in [0, 0.05) is 10.6 Å². The Morgan fingerprint density at radius 2 is 1.75 bits per heavy atom. The monoisotopic (exact) mass is 402 g/mol. The van der Waals surface area contributed by atoms with Crippen LogP contribution in [0, 0.1) is 13.8 Å². The van der Waals surface area contributed by atoms with Crippen LogP contribution in [0.3, 0.4) is 0 Å². The maximum Gasteiger partial charge on any atom is 0.312 e. The lowest BCUT2D eigenvalue weighted by atomic mass is 9.99. The molecule has 3 N–H and O–H groups in total. The number of hydrogen-bond donors (Lipinski definition) is 2. The number of ether oxygens (including phenoxy) is 1. The van der Waals surface area contributed by atoms with E-state index >= 15 is 0 Å². The summed E-state index contributed by atoms with van der Waals surface area (Å²) in [6.07, 6.45) is -1.12. The summed E-state index contributed by atoms with van der Waals surface area (Å²) in [4.78, 5) is 36.3. The molecule has 0 radical (unpaired) electrons. The first-order chi connectivity index (χ1) is 13.2. The number of halogens is 1. The molecule has 0 bridgehead atoms. The van der Waals surface area contributed by atoms with Crippen LogP contribution in [0.5, 0.6) is 0 Å². The first-order valence-electron chi connectivity index (χ1n) is 8.79. The van der Waals surface area contributed by atoms with Gasteiger partial charge in [-0.25, -0.2) is 4.79 Å². The van der Waals surface area contributed by atoms with Gasteiger partial charge in [-0.3, -0.25) is 9.59 Å². The fraction of sp³-hybridized carbons (Fsp3) is 0.286. The number of ketones is 1. The highest BCUT2D eigenvalue weighted by Crippen LogP contribution is 2.21. The third-order valence-corrected chi connectivity index (χ3v) is 4.55. The quantitative estimate of drug-likeness (QED) is 0.542. The molecule has 0 aromatic heterocycles. The molecule has 28 heavy (non-hydrogen) atoms. The van der Waals surface area contributed by atoms with E-state index in [0.29, 0.717) is 16.1 Å². The summed E-state index contributed by atoms with van der Waals surface area (Å²) in [5.74, 6) is -0.902. The number of carbonyl (C=O) groups is 3. The average Bonchev–Trinajstić information content (AvgIpc) is 2.62. The number of urea groups is 1. The Kier molecular flexibility index (Phi) is 7.18. The lowest BCUT2D eigenvalue weighted by Gasteiger charge is -2.19. The van der Waals surface area contributed by atoms with E-state index in [1.807, 2.05) is 26.0 Å². The van der Waals surface area contributed by atoms with Gasteiger partial charge in [-0.1, -0.05) is 41.4 Å². The first-order valence-corrected chi connectivity index (χ1v) is 9.17. The Morgan fingerprint density at radius 1 is 1.11 bits per heavy atom. The van der Waals surface area contributed by atoms with Gasteiger partial charge in [0.2, 0.25) is 5.78 Å². The molecule has 0 aliphatic rings. The highest BCUT2D eigenvalue weighted by Gasteiger charge is 2.24. The highest BCUT2D eigenvalue weighted by molar-refractivity contribution is 6.30. The maximum absolute atomic E-state index is 12.6. The van der Waals surface area contributed by atoms with Crippen LogP contribution in [0.2, 0.25) is 5.02 Å². The van der Waals surface area contributed by atoms with Crippen LogP contribution in [0.1, 0.15) is 46.4 Å². The van der Waals surface area contributed by atoms with Gasteiger partial charge >= 0.3 is 12.0 Å². The molecule has 0 heterocycles. The van der Waals surface area contributed by atoms with Crippen LogP contribution < -0.4 is 11.1 Å². The molecule has 148 valence electrons. The fourth-order valence-corrected chi connectivity index (χ4v) is 2.93. The minimum Gasteiger partial charge on any atom is -0.454 e. The van der Waals surface area contributed by atoms with Crippen molar-refractivity contribution in [1.29, 1.82) is 0 Å². The van der Waals surface area contributed by atoms with Crippen molar-refractivity contribution in [3.8, 4) is 0 Å². The zero-order valence-electron chi connectivity index (χ0n) is 16.0. The highest BCUT2D eigenvalue weighted by atomic mass is 35.5. The summed E-state index contributed by atoms with van der Waals surface area (Å²) in [6, 6.07) is 10.7. The average molecular weight is 403 g/mol. The fourth-order valence-electron chi connectivity index (χ4n) is 2.80. The van der Waals surface area contributed by atoms with E-state index in [4.69, 9.17) is 22.1 Å². The second kappa shape index (κ2) is 9.37. The van der Waals surface area contributed by atoms with E-state index in [1.165, 1.54) is 6.92 Å². The SMILES string of the molecule is Cc1ccc(C)c(C(=O)[C@H](C)OC(=O)C[C@H](NC(N)=O)c2ccc(Cl)cc2)c1. The zero-order valence-corrected chi connectivity index (χ0v) is 16.7. The molecule has 2 rings (SSSR count). The number of hydrogen-bond acceptors (Lipinski definition) is 4. The predicted octanol–water partition coefficient (Wildman–Crippen LogP) is 3.87. The second-order valence-corrected chi connectivity index (χ2v) is 7.07. The molecular weight excluding hydrogens is 380 g/mol. The molecule has 2 atom stereocenters. The molecule has 0 spiro atoms. The molecule has 0 saturated carbocycles. The Hall–Kier alpha value is -2.86. The minimum atomic E-state index is -0.951. The molecule has 6 nitrogen and oxygen atoms in total. The van der Waals surface area contributed by atoms with Crippen molar-refractivity contribution in [2.24, 2.45) is 5.73 Å². The van der Waals surface area contributed by atoms with E-state index < -0.39 is 24.1 Å². The Morgan fingerprint density at radius 3 is 2.36 bits per heavy atom. The van der Waals surface area contributed by atoms with Crippen molar-refractivity contribution in [2.45, 2.75) is 39.3 Å². The van der Waals surface area contributed by atoms with Gasteiger partial charge in [0.25, 0.3) is 0 Å². The van der Waals surface area contributed by atoms with Gasteiger partial charge < -0.3 is 15.8 Å². The predicted molar refractivity (Wildman–Crippen MR) is 107 cm³/mol. The number of Topliss-reactive ketones (excluding diaryl/α,β-unsaturated/α-hetero) is 1. The topological polar surface area (TPSA) is 98.5 Å². The number of nitrogens with one attached hydrogen (secondary N) is 1. The van der Waals surface area contributed by atoms with Crippen molar-refractivity contribution < 1.29 is 19.1 Å². The third-order valence-electron chi connectivity index (χ3n) is 4.30. The van der Waals surface area contributed by atoms with Gasteiger partial charge in [0.05, 0.1) is 12.5 Å². The zero-order chi connectivity index (χ0) is 20.8. The van der Waals surface area contributed by atoms with Gasteiger partial charge in [-0.05, 0) is 50.1 Å². The molecule has 0 unspecified atom stereocenters. The van der Waals surface area contributed by atoms with E-state index in [0.717, 1.165) is 11.1 Å². The number of amides is 2. The van der Waals surface area contributed by atoms with Crippen molar-refractivity contribution >= 4 is 29.4 Å².